The van der Waals surface area contributed by atoms with Crippen LogP contribution in [-0.2, 0) is 0 Å². The highest BCUT2D eigenvalue weighted by Gasteiger charge is 2.14. The molecule has 0 aliphatic rings. The fraction of sp³-hybridized carbons (Fsp3) is 0.294. The molecule has 0 amide bonds. The van der Waals surface area contributed by atoms with Crippen molar-refractivity contribution in [2.24, 2.45) is 0 Å². The van der Waals surface area contributed by atoms with Crippen LogP contribution in [0.5, 0.6) is 0 Å². The van der Waals surface area contributed by atoms with E-state index in [1.54, 1.807) is 0 Å². The zero-order valence-corrected chi connectivity index (χ0v) is 15.5. The molecule has 2 rings (SSSR count). The molecule has 4 heteroatoms. The van der Waals surface area contributed by atoms with E-state index >= 15 is 0 Å². The highest BCUT2D eigenvalue weighted by Crippen LogP contribution is 2.35. The summed E-state index contributed by atoms with van der Waals surface area (Å²) in [4.78, 5) is 2.23. The fourth-order valence-electron chi connectivity index (χ4n) is 2.00. The van der Waals surface area contributed by atoms with Gasteiger partial charge in [0.1, 0.15) is 0 Å². The lowest BCUT2D eigenvalue weighted by molar-refractivity contribution is 0.437. The first-order valence-electron chi connectivity index (χ1n) is 6.73. The second-order valence-corrected chi connectivity index (χ2v) is 7.15. The lowest BCUT2D eigenvalue weighted by Crippen LogP contribution is -2.15. The molecule has 21 heavy (non-hydrogen) atoms. The van der Waals surface area contributed by atoms with Crippen molar-refractivity contribution < 1.29 is 0 Å². The van der Waals surface area contributed by atoms with Gasteiger partial charge in [0.05, 0.1) is 5.25 Å². The van der Waals surface area contributed by atoms with Crippen molar-refractivity contribution in [1.29, 1.82) is 0 Å². The lowest BCUT2D eigenvalue weighted by Gasteiger charge is -2.19. The summed E-state index contributed by atoms with van der Waals surface area (Å²) >= 11 is 5.51. The van der Waals surface area contributed by atoms with E-state index in [-0.39, 0.29) is 12.4 Å². The highest BCUT2D eigenvalue weighted by atomic mass is 79.9. The number of hydrogen-bond donors (Lipinski definition) is 0. The van der Waals surface area contributed by atoms with Crippen LogP contribution < -0.4 is 0 Å². The number of nitrogens with zero attached hydrogens (tertiary/aromatic N) is 1. The molecule has 0 saturated heterocycles. The van der Waals surface area contributed by atoms with Crippen LogP contribution in [0.2, 0.25) is 0 Å². The third kappa shape index (κ3) is 6.03. The SMILES string of the molecule is CN(C)CCSC(c1ccccc1)c1ccc(Br)cc1.Cl. The molecular weight excluding hydrogens is 366 g/mol. The molecule has 2 aromatic carbocycles. The Morgan fingerprint density at radius 2 is 1.52 bits per heavy atom. The lowest BCUT2D eigenvalue weighted by atomic mass is 10.0. The van der Waals surface area contributed by atoms with Crippen molar-refractivity contribution in [2.75, 3.05) is 26.4 Å². The van der Waals surface area contributed by atoms with E-state index in [1.165, 1.54) is 11.1 Å². The maximum Gasteiger partial charge on any atom is 0.0547 e. The predicted molar refractivity (Wildman–Crippen MR) is 101 cm³/mol. The Labute approximate surface area is 146 Å². The molecule has 0 radical (unpaired) electrons. The standard InChI is InChI=1S/C17H20BrNS.ClH/c1-19(2)12-13-20-17(14-6-4-3-5-7-14)15-8-10-16(18)11-9-15;/h3-11,17H,12-13H2,1-2H3;1H. The molecule has 0 saturated carbocycles. The average molecular weight is 387 g/mol. The Hall–Kier alpha value is -0.480. The quantitative estimate of drug-likeness (QED) is 0.666. The van der Waals surface area contributed by atoms with Crippen LogP contribution >= 0.6 is 40.1 Å². The van der Waals surface area contributed by atoms with Crippen LogP contribution in [0.15, 0.2) is 59.1 Å². The third-order valence-corrected chi connectivity index (χ3v) is 4.92. The number of halogens is 2. The van der Waals surface area contributed by atoms with E-state index in [0.717, 1.165) is 16.8 Å². The Morgan fingerprint density at radius 1 is 0.952 bits per heavy atom. The van der Waals surface area contributed by atoms with Gasteiger partial charge < -0.3 is 4.90 Å². The molecule has 0 aliphatic heterocycles. The zero-order valence-electron chi connectivity index (χ0n) is 12.3. The van der Waals surface area contributed by atoms with E-state index < -0.39 is 0 Å². The maximum absolute atomic E-state index is 3.51. The summed E-state index contributed by atoms with van der Waals surface area (Å²) < 4.78 is 1.13. The molecule has 1 unspecified atom stereocenters. The molecular formula is C17H21BrClNS. The zero-order chi connectivity index (χ0) is 14.4. The molecule has 0 fully saturated rings. The van der Waals surface area contributed by atoms with E-state index in [1.807, 2.05) is 11.8 Å². The van der Waals surface area contributed by atoms with Gasteiger partial charge in [-0.1, -0.05) is 58.4 Å². The summed E-state index contributed by atoms with van der Waals surface area (Å²) in [5.74, 6) is 1.13. The molecule has 114 valence electrons. The molecule has 2 aromatic rings. The first-order chi connectivity index (χ1) is 9.66. The van der Waals surface area contributed by atoms with Crippen molar-refractivity contribution in [3.63, 3.8) is 0 Å². The number of rotatable bonds is 6. The molecule has 0 heterocycles. The van der Waals surface area contributed by atoms with Gasteiger partial charge >= 0.3 is 0 Å². The summed E-state index contributed by atoms with van der Waals surface area (Å²) in [6, 6.07) is 19.4. The molecule has 0 N–H and O–H groups in total. The van der Waals surface area contributed by atoms with Crippen LogP contribution in [-0.4, -0.2) is 31.3 Å². The van der Waals surface area contributed by atoms with Gasteiger partial charge in [0.2, 0.25) is 0 Å². The molecule has 0 spiro atoms. The van der Waals surface area contributed by atoms with E-state index in [9.17, 15) is 0 Å². The Balaban J connectivity index is 0.00000220. The largest absolute Gasteiger partial charge is 0.309 e. The third-order valence-electron chi connectivity index (χ3n) is 3.10. The minimum Gasteiger partial charge on any atom is -0.309 e. The number of benzene rings is 2. The average Bonchev–Trinajstić information content (AvgIpc) is 2.46. The Bertz CT molecular complexity index is 516. The minimum absolute atomic E-state index is 0. The van der Waals surface area contributed by atoms with E-state index in [2.05, 4.69) is 89.5 Å². The predicted octanol–water partition coefficient (Wildman–Crippen LogP) is 5.26. The van der Waals surface area contributed by atoms with Gasteiger partial charge in [0.15, 0.2) is 0 Å². The molecule has 1 nitrogen and oxygen atoms in total. The van der Waals surface area contributed by atoms with Crippen molar-refractivity contribution in [3.05, 3.63) is 70.2 Å². The summed E-state index contributed by atoms with van der Waals surface area (Å²) in [7, 11) is 4.25. The normalized spacial score (nSPS) is 12.0. The first-order valence-corrected chi connectivity index (χ1v) is 8.58. The maximum atomic E-state index is 3.51. The van der Waals surface area contributed by atoms with E-state index in [0.29, 0.717) is 5.25 Å². The van der Waals surface area contributed by atoms with Gasteiger partial charge in [-0.05, 0) is 37.4 Å². The second kappa shape index (κ2) is 9.52. The van der Waals surface area contributed by atoms with Gasteiger partial charge in [0, 0.05) is 16.8 Å². The Kier molecular flexibility index (Phi) is 8.42. The minimum atomic E-state index is 0. The van der Waals surface area contributed by atoms with Gasteiger partial charge in [0.25, 0.3) is 0 Å². The molecule has 0 bridgehead atoms. The summed E-state index contributed by atoms with van der Waals surface area (Å²) in [5, 5.41) is 0.407. The number of hydrogen-bond acceptors (Lipinski definition) is 2. The first kappa shape index (κ1) is 18.6. The van der Waals surface area contributed by atoms with Crippen molar-refractivity contribution in [2.45, 2.75) is 5.25 Å². The summed E-state index contributed by atoms with van der Waals surface area (Å²) in [6.45, 7) is 1.10. The van der Waals surface area contributed by atoms with Gasteiger partial charge in [-0.15, -0.1) is 24.2 Å². The molecule has 1 atom stereocenters. The highest BCUT2D eigenvalue weighted by molar-refractivity contribution is 9.10. The summed E-state index contributed by atoms with van der Waals surface area (Å²) in [5.41, 5.74) is 2.74. The fourth-order valence-corrected chi connectivity index (χ4v) is 3.67. The molecule has 0 aliphatic carbocycles. The summed E-state index contributed by atoms with van der Waals surface area (Å²) in [6.07, 6.45) is 0. The Morgan fingerprint density at radius 3 is 2.10 bits per heavy atom. The van der Waals surface area contributed by atoms with Crippen LogP contribution in [0.4, 0.5) is 0 Å². The molecule has 0 aromatic heterocycles. The second-order valence-electron chi connectivity index (χ2n) is 5.02. The van der Waals surface area contributed by atoms with Crippen molar-refractivity contribution in [1.82, 2.24) is 4.90 Å². The van der Waals surface area contributed by atoms with Crippen molar-refractivity contribution >= 4 is 40.1 Å². The van der Waals surface area contributed by atoms with Crippen molar-refractivity contribution in [3.8, 4) is 0 Å². The van der Waals surface area contributed by atoms with Crippen LogP contribution in [0.1, 0.15) is 16.4 Å². The topological polar surface area (TPSA) is 3.24 Å². The van der Waals surface area contributed by atoms with Crippen LogP contribution in [0, 0.1) is 0 Å². The van der Waals surface area contributed by atoms with Gasteiger partial charge in [-0.2, -0.15) is 0 Å². The number of thioether (sulfide) groups is 1. The van der Waals surface area contributed by atoms with E-state index in [4.69, 9.17) is 0 Å². The monoisotopic (exact) mass is 385 g/mol. The van der Waals surface area contributed by atoms with Gasteiger partial charge in [-0.25, -0.2) is 0 Å². The smallest absolute Gasteiger partial charge is 0.0547 e. The van der Waals surface area contributed by atoms with Crippen LogP contribution in [0.25, 0.3) is 0 Å². The van der Waals surface area contributed by atoms with Gasteiger partial charge in [-0.3, -0.25) is 0 Å². The van der Waals surface area contributed by atoms with Crippen LogP contribution in [0.3, 0.4) is 0 Å².